The van der Waals surface area contributed by atoms with E-state index in [1.54, 1.807) is 6.92 Å². The Hall–Kier alpha value is -1.45. The van der Waals surface area contributed by atoms with E-state index in [9.17, 15) is 4.39 Å². The molecule has 4 heteroatoms. The van der Waals surface area contributed by atoms with Gasteiger partial charge in [0.2, 0.25) is 0 Å². The molecule has 0 radical (unpaired) electrons. The molecule has 3 nitrogen and oxygen atoms in total. The standard InChI is InChI=1S/C8H8FN3/c1-5-3-8-10-6(2)7(9)4-12(8)11-5/h3-4H,1-2H3. The van der Waals surface area contributed by atoms with Gasteiger partial charge in [-0.1, -0.05) is 0 Å². The molecule has 0 amide bonds. The molecule has 2 rings (SSSR count). The minimum atomic E-state index is -0.328. The Bertz CT molecular complexity index is 394. The molecule has 0 fully saturated rings. The molecule has 2 heterocycles. The molecule has 2 aromatic heterocycles. The Morgan fingerprint density at radius 1 is 1.42 bits per heavy atom. The molecule has 2 aromatic rings. The van der Waals surface area contributed by atoms with Crippen LogP contribution in [0.3, 0.4) is 0 Å². The summed E-state index contributed by atoms with van der Waals surface area (Å²) >= 11 is 0. The minimum absolute atomic E-state index is 0.328. The lowest BCUT2D eigenvalue weighted by atomic mass is 10.4. The smallest absolute Gasteiger partial charge is 0.162 e. The van der Waals surface area contributed by atoms with Crippen LogP contribution in [-0.2, 0) is 0 Å². The van der Waals surface area contributed by atoms with Gasteiger partial charge >= 0.3 is 0 Å². The molecule has 0 saturated heterocycles. The number of fused-ring (bicyclic) bond motifs is 1. The maximum Gasteiger partial charge on any atom is 0.162 e. The molecule has 0 aliphatic rings. The van der Waals surface area contributed by atoms with E-state index in [2.05, 4.69) is 10.1 Å². The van der Waals surface area contributed by atoms with E-state index in [0.29, 0.717) is 11.3 Å². The maximum absolute atomic E-state index is 12.9. The van der Waals surface area contributed by atoms with Gasteiger partial charge in [-0.2, -0.15) is 5.10 Å². The molecule has 0 saturated carbocycles. The minimum Gasteiger partial charge on any atom is -0.231 e. The molecule has 0 bridgehead atoms. The summed E-state index contributed by atoms with van der Waals surface area (Å²) in [6, 6.07) is 1.81. The molecular formula is C8H8FN3. The fraction of sp³-hybridized carbons (Fsp3) is 0.250. The van der Waals surface area contributed by atoms with Crippen molar-refractivity contribution in [2.24, 2.45) is 0 Å². The molecule has 0 aliphatic carbocycles. The molecule has 0 N–H and O–H groups in total. The van der Waals surface area contributed by atoms with Crippen LogP contribution in [0, 0.1) is 19.7 Å². The average Bonchev–Trinajstić information content (AvgIpc) is 2.30. The van der Waals surface area contributed by atoms with Gasteiger partial charge < -0.3 is 0 Å². The summed E-state index contributed by atoms with van der Waals surface area (Å²) in [6.07, 6.45) is 1.34. The summed E-state index contributed by atoms with van der Waals surface area (Å²) in [5.41, 5.74) is 1.93. The van der Waals surface area contributed by atoms with Gasteiger partial charge in [0, 0.05) is 6.07 Å². The molecule has 0 spiro atoms. The SMILES string of the molecule is Cc1cc2nc(C)c(F)cn2n1. The Morgan fingerprint density at radius 2 is 2.17 bits per heavy atom. The highest BCUT2D eigenvalue weighted by atomic mass is 19.1. The van der Waals surface area contributed by atoms with Crippen LogP contribution < -0.4 is 0 Å². The van der Waals surface area contributed by atoms with Gasteiger partial charge in [0.25, 0.3) is 0 Å². The maximum atomic E-state index is 12.9. The lowest BCUT2D eigenvalue weighted by Gasteiger charge is -1.95. The molecule has 0 unspecified atom stereocenters. The summed E-state index contributed by atoms with van der Waals surface area (Å²) in [7, 11) is 0. The van der Waals surface area contributed by atoms with Gasteiger partial charge in [0.05, 0.1) is 17.6 Å². The summed E-state index contributed by atoms with van der Waals surface area (Å²) in [5.74, 6) is -0.328. The summed E-state index contributed by atoms with van der Waals surface area (Å²) < 4.78 is 14.4. The van der Waals surface area contributed by atoms with Crippen LogP contribution in [0.1, 0.15) is 11.4 Å². The number of hydrogen-bond donors (Lipinski definition) is 0. The Morgan fingerprint density at radius 3 is 2.92 bits per heavy atom. The topological polar surface area (TPSA) is 30.2 Å². The quantitative estimate of drug-likeness (QED) is 0.592. The van der Waals surface area contributed by atoms with Gasteiger partial charge in [0.15, 0.2) is 11.5 Å². The Labute approximate surface area is 68.9 Å². The second-order valence-corrected chi connectivity index (χ2v) is 2.76. The number of hydrogen-bond acceptors (Lipinski definition) is 2. The van der Waals surface area contributed by atoms with Gasteiger partial charge in [-0.05, 0) is 13.8 Å². The van der Waals surface area contributed by atoms with Gasteiger partial charge in [0.1, 0.15) is 0 Å². The second-order valence-electron chi connectivity index (χ2n) is 2.76. The van der Waals surface area contributed by atoms with Crippen molar-refractivity contribution in [1.29, 1.82) is 0 Å². The summed E-state index contributed by atoms with van der Waals surface area (Å²) in [6.45, 7) is 3.49. The molecular weight excluding hydrogens is 157 g/mol. The van der Waals surface area contributed by atoms with Crippen molar-refractivity contribution in [2.75, 3.05) is 0 Å². The zero-order chi connectivity index (χ0) is 8.72. The van der Waals surface area contributed by atoms with Crippen molar-refractivity contribution in [1.82, 2.24) is 14.6 Å². The molecule has 62 valence electrons. The van der Waals surface area contributed by atoms with Crippen molar-refractivity contribution in [3.63, 3.8) is 0 Å². The van der Waals surface area contributed by atoms with E-state index < -0.39 is 0 Å². The monoisotopic (exact) mass is 165 g/mol. The van der Waals surface area contributed by atoms with Crippen LogP contribution in [0.2, 0.25) is 0 Å². The molecule has 0 aliphatic heterocycles. The average molecular weight is 165 g/mol. The fourth-order valence-electron chi connectivity index (χ4n) is 1.11. The predicted octanol–water partition coefficient (Wildman–Crippen LogP) is 1.49. The van der Waals surface area contributed by atoms with E-state index in [1.165, 1.54) is 10.7 Å². The summed E-state index contributed by atoms with van der Waals surface area (Å²) in [4.78, 5) is 4.02. The van der Waals surface area contributed by atoms with E-state index in [1.807, 2.05) is 13.0 Å². The van der Waals surface area contributed by atoms with Crippen molar-refractivity contribution in [3.05, 3.63) is 29.5 Å². The van der Waals surface area contributed by atoms with Crippen LogP contribution in [-0.4, -0.2) is 14.6 Å². The van der Waals surface area contributed by atoms with Crippen molar-refractivity contribution in [2.45, 2.75) is 13.8 Å². The van der Waals surface area contributed by atoms with Gasteiger partial charge in [-0.3, -0.25) is 0 Å². The first-order valence-electron chi connectivity index (χ1n) is 3.66. The van der Waals surface area contributed by atoms with Crippen LogP contribution >= 0.6 is 0 Å². The first kappa shape index (κ1) is 7.21. The van der Waals surface area contributed by atoms with Crippen molar-refractivity contribution in [3.8, 4) is 0 Å². The van der Waals surface area contributed by atoms with E-state index >= 15 is 0 Å². The number of rotatable bonds is 0. The molecule has 0 aromatic carbocycles. The van der Waals surface area contributed by atoms with E-state index in [-0.39, 0.29) is 5.82 Å². The third kappa shape index (κ3) is 0.958. The van der Waals surface area contributed by atoms with Crippen LogP contribution in [0.5, 0.6) is 0 Å². The summed E-state index contributed by atoms with van der Waals surface area (Å²) in [5, 5.41) is 4.03. The Kier molecular flexibility index (Phi) is 1.36. The van der Waals surface area contributed by atoms with Crippen LogP contribution in [0.15, 0.2) is 12.3 Å². The number of aromatic nitrogens is 3. The van der Waals surface area contributed by atoms with Crippen LogP contribution in [0.25, 0.3) is 5.65 Å². The molecule has 12 heavy (non-hydrogen) atoms. The third-order valence-electron chi connectivity index (χ3n) is 1.70. The number of halogens is 1. The largest absolute Gasteiger partial charge is 0.231 e. The van der Waals surface area contributed by atoms with Gasteiger partial charge in [-0.15, -0.1) is 0 Å². The highest BCUT2D eigenvalue weighted by Crippen LogP contribution is 2.07. The number of nitrogens with zero attached hydrogens (tertiary/aromatic N) is 3. The van der Waals surface area contributed by atoms with Crippen molar-refractivity contribution >= 4 is 5.65 Å². The first-order chi connectivity index (χ1) is 5.66. The lowest BCUT2D eigenvalue weighted by Crippen LogP contribution is -1.95. The van der Waals surface area contributed by atoms with Crippen LogP contribution in [0.4, 0.5) is 4.39 Å². The van der Waals surface area contributed by atoms with Gasteiger partial charge in [-0.25, -0.2) is 13.9 Å². The first-order valence-corrected chi connectivity index (χ1v) is 3.66. The van der Waals surface area contributed by atoms with E-state index in [0.717, 1.165) is 5.69 Å². The lowest BCUT2D eigenvalue weighted by molar-refractivity contribution is 0.595. The zero-order valence-electron chi connectivity index (χ0n) is 6.87. The normalized spacial score (nSPS) is 10.9. The Balaban J connectivity index is 2.83. The fourth-order valence-corrected chi connectivity index (χ4v) is 1.11. The van der Waals surface area contributed by atoms with Crippen molar-refractivity contribution < 1.29 is 4.39 Å². The number of aryl methyl sites for hydroxylation is 2. The van der Waals surface area contributed by atoms with E-state index in [4.69, 9.17) is 0 Å². The second kappa shape index (κ2) is 2.27. The molecule has 0 atom stereocenters. The highest BCUT2D eigenvalue weighted by molar-refractivity contribution is 5.39. The zero-order valence-corrected chi connectivity index (χ0v) is 6.87. The third-order valence-corrected chi connectivity index (χ3v) is 1.70. The highest BCUT2D eigenvalue weighted by Gasteiger charge is 2.03. The predicted molar refractivity (Wildman–Crippen MR) is 42.4 cm³/mol.